The third kappa shape index (κ3) is 4.92. The van der Waals surface area contributed by atoms with E-state index in [4.69, 9.17) is 22.1 Å². The van der Waals surface area contributed by atoms with Crippen LogP contribution in [-0.4, -0.2) is 29.9 Å². The maximum atomic E-state index is 13.3. The Morgan fingerprint density at radius 2 is 2.04 bits per heavy atom. The Bertz CT molecular complexity index is 776. The number of hydrogen-bond acceptors (Lipinski definition) is 3. The van der Waals surface area contributed by atoms with Gasteiger partial charge in [0.15, 0.2) is 0 Å². The van der Waals surface area contributed by atoms with E-state index in [-0.39, 0.29) is 35.1 Å². The monoisotopic (exact) mass is 412 g/mol. The summed E-state index contributed by atoms with van der Waals surface area (Å²) in [5.41, 5.74) is 6.50. The molecule has 2 aromatic rings. The first-order chi connectivity index (χ1) is 12.5. The fourth-order valence-electron chi connectivity index (χ4n) is 3.36. The molecule has 1 aliphatic rings. The van der Waals surface area contributed by atoms with Crippen LogP contribution in [0.25, 0.3) is 0 Å². The summed E-state index contributed by atoms with van der Waals surface area (Å²) < 4.78 is 19.3. The first kappa shape index (κ1) is 21.5. The second-order valence-electron chi connectivity index (χ2n) is 6.66. The summed E-state index contributed by atoms with van der Waals surface area (Å²) in [4.78, 5) is 15.1. The van der Waals surface area contributed by atoms with Crippen LogP contribution < -0.4 is 10.5 Å². The van der Waals surface area contributed by atoms with E-state index in [1.165, 1.54) is 18.2 Å². The number of halogens is 3. The van der Waals surface area contributed by atoms with Crippen LogP contribution >= 0.6 is 24.0 Å². The van der Waals surface area contributed by atoms with Crippen molar-refractivity contribution in [2.24, 2.45) is 11.7 Å². The highest BCUT2D eigenvalue weighted by atomic mass is 35.5. The van der Waals surface area contributed by atoms with Crippen molar-refractivity contribution in [1.29, 1.82) is 0 Å². The molecule has 0 spiro atoms. The summed E-state index contributed by atoms with van der Waals surface area (Å²) in [6, 6.07) is 13.2. The van der Waals surface area contributed by atoms with Crippen LogP contribution in [0.3, 0.4) is 0 Å². The molecule has 0 bridgehead atoms. The largest absolute Gasteiger partial charge is 0.474 e. The Labute approximate surface area is 169 Å². The van der Waals surface area contributed by atoms with Crippen LogP contribution in [0.15, 0.2) is 48.5 Å². The number of nitrogens with two attached hydrogens (primary N) is 1. The van der Waals surface area contributed by atoms with Crippen molar-refractivity contribution in [2.45, 2.75) is 25.5 Å². The van der Waals surface area contributed by atoms with Gasteiger partial charge in [-0.2, -0.15) is 0 Å². The number of ether oxygens (including phenoxy) is 1. The minimum Gasteiger partial charge on any atom is -0.474 e. The Morgan fingerprint density at radius 1 is 1.33 bits per heavy atom. The zero-order valence-electron chi connectivity index (χ0n) is 15.0. The molecule has 4 nitrogen and oxygen atoms in total. The quantitative estimate of drug-likeness (QED) is 0.799. The molecule has 3 rings (SSSR count). The summed E-state index contributed by atoms with van der Waals surface area (Å²) in [5.74, 6) is -0.0267. The second kappa shape index (κ2) is 9.40. The highest BCUT2D eigenvalue weighted by molar-refractivity contribution is 6.32. The van der Waals surface area contributed by atoms with Gasteiger partial charge in [0, 0.05) is 18.2 Å². The fraction of sp³-hybridized carbons (Fsp3) is 0.350. The van der Waals surface area contributed by atoms with Crippen molar-refractivity contribution in [1.82, 2.24) is 4.90 Å². The maximum absolute atomic E-state index is 13.3. The van der Waals surface area contributed by atoms with Gasteiger partial charge in [0.25, 0.3) is 5.91 Å². The number of nitrogens with zero attached hydrogens (tertiary/aromatic N) is 1. The lowest BCUT2D eigenvalue weighted by atomic mass is 10.1. The van der Waals surface area contributed by atoms with Crippen molar-refractivity contribution >= 4 is 29.9 Å². The zero-order valence-corrected chi connectivity index (χ0v) is 16.5. The fourth-order valence-corrected chi connectivity index (χ4v) is 3.57. The minimum absolute atomic E-state index is 0. The molecule has 0 radical (unpaired) electrons. The maximum Gasteiger partial charge on any atom is 0.268 e. The molecule has 0 aromatic heterocycles. The molecule has 0 saturated carbocycles. The van der Waals surface area contributed by atoms with Gasteiger partial charge in [-0.15, -0.1) is 12.4 Å². The number of likely N-dealkylation sites (tertiary alicyclic amines) is 1. The molecule has 1 aliphatic heterocycles. The number of hydrogen-bond donors (Lipinski definition) is 1. The summed E-state index contributed by atoms with van der Waals surface area (Å²) in [5, 5.41) is 0.132. The lowest BCUT2D eigenvalue weighted by molar-refractivity contribution is -0.139. The lowest BCUT2D eigenvalue weighted by Gasteiger charge is -2.28. The number of carbonyl (C=O) groups is 1. The smallest absolute Gasteiger partial charge is 0.268 e. The van der Waals surface area contributed by atoms with Gasteiger partial charge in [0.05, 0.1) is 5.02 Å². The molecule has 1 fully saturated rings. The van der Waals surface area contributed by atoms with Crippen LogP contribution in [0.1, 0.15) is 25.0 Å². The molecule has 3 atom stereocenters. The van der Waals surface area contributed by atoms with Crippen molar-refractivity contribution in [3.05, 3.63) is 64.9 Å². The van der Waals surface area contributed by atoms with Gasteiger partial charge in [-0.1, -0.05) is 41.9 Å². The zero-order chi connectivity index (χ0) is 18.7. The molecule has 2 N–H and O–H groups in total. The van der Waals surface area contributed by atoms with Gasteiger partial charge in [-0.3, -0.25) is 4.79 Å². The summed E-state index contributed by atoms with van der Waals surface area (Å²) >= 11 is 6.09. The molecule has 3 unspecified atom stereocenters. The molecule has 7 heteroatoms. The topological polar surface area (TPSA) is 55.6 Å². The Hall–Kier alpha value is -1.82. The second-order valence-corrected chi connectivity index (χ2v) is 7.07. The van der Waals surface area contributed by atoms with E-state index in [1.54, 1.807) is 0 Å². The third-order valence-corrected chi connectivity index (χ3v) is 5.04. The van der Waals surface area contributed by atoms with Gasteiger partial charge in [0.2, 0.25) is 6.10 Å². The lowest BCUT2D eigenvalue weighted by Crippen LogP contribution is -2.39. The number of carbonyl (C=O) groups excluding carboxylic acids is 1. The summed E-state index contributed by atoms with van der Waals surface area (Å²) in [6.07, 6.45) is 0.0271. The van der Waals surface area contributed by atoms with Gasteiger partial charge in [-0.05, 0) is 44.0 Å². The van der Waals surface area contributed by atoms with E-state index in [1.807, 2.05) is 42.2 Å². The molecule has 1 heterocycles. The average Bonchev–Trinajstić information content (AvgIpc) is 3.02. The van der Waals surface area contributed by atoms with Crippen molar-refractivity contribution < 1.29 is 13.9 Å². The SMILES string of the molecule is CC1CC(CN)CN1C(=O)C(Oc1ccc(F)cc1Cl)c1ccccc1.Cl. The Balaban J connectivity index is 0.00000261. The van der Waals surface area contributed by atoms with Gasteiger partial charge < -0.3 is 15.4 Å². The normalized spacial score (nSPS) is 20.1. The minimum atomic E-state index is -0.849. The highest BCUT2D eigenvalue weighted by Crippen LogP contribution is 2.33. The van der Waals surface area contributed by atoms with Gasteiger partial charge in [0.1, 0.15) is 11.6 Å². The summed E-state index contributed by atoms with van der Waals surface area (Å²) in [7, 11) is 0. The van der Waals surface area contributed by atoms with E-state index in [0.29, 0.717) is 19.0 Å². The summed E-state index contributed by atoms with van der Waals surface area (Å²) in [6.45, 7) is 3.18. The molecular formula is C20H23Cl2FN2O2. The number of amides is 1. The van der Waals surface area contributed by atoms with E-state index in [2.05, 4.69) is 0 Å². The predicted octanol–water partition coefficient (Wildman–Crippen LogP) is 4.22. The van der Waals surface area contributed by atoms with E-state index >= 15 is 0 Å². The van der Waals surface area contributed by atoms with Crippen molar-refractivity contribution in [2.75, 3.05) is 13.1 Å². The first-order valence-electron chi connectivity index (χ1n) is 8.66. The van der Waals surface area contributed by atoms with Gasteiger partial charge in [-0.25, -0.2) is 4.39 Å². The molecule has 1 saturated heterocycles. The molecular weight excluding hydrogens is 390 g/mol. The Kier molecular flexibility index (Phi) is 7.48. The molecule has 27 heavy (non-hydrogen) atoms. The predicted molar refractivity (Wildman–Crippen MR) is 107 cm³/mol. The van der Waals surface area contributed by atoms with Crippen LogP contribution in [0.4, 0.5) is 4.39 Å². The highest BCUT2D eigenvalue weighted by Gasteiger charge is 2.37. The average molecular weight is 413 g/mol. The van der Waals surface area contributed by atoms with Crippen LogP contribution in [0.2, 0.25) is 5.02 Å². The van der Waals surface area contributed by atoms with Crippen LogP contribution in [0, 0.1) is 11.7 Å². The van der Waals surface area contributed by atoms with Crippen LogP contribution in [-0.2, 0) is 4.79 Å². The van der Waals surface area contributed by atoms with Crippen molar-refractivity contribution in [3.8, 4) is 5.75 Å². The molecule has 146 valence electrons. The molecule has 1 amide bonds. The third-order valence-electron chi connectivity index (χ3n) is 4.74. The number of rotatable bonds is 5. The molecule has 2 aromatic carbocycles. The van der Waals surface area contributed by atoms with Crippen molar-refractivity contribution in [3.63, 3.8) is 0 Å². The molecule has 0 aliphatic carbocycles. The first-order valence-corrected chi connectivity index (χ1v) is 9.04. The standard InChI is InChI=1S/C20H22ClFN2O2.ClH/c1-13-9-14(11-23)12-24(13)20(25)19(15-5-3-2-4-6-15)26-18-8-7-16(22)10-17(18)21;/h2-8,10,13-14,19H,9,11-12,23H2,1H3;1H. The Morgan fingerprint density at radius 3 is 2.63 bits per heavy atom. The van der Waals surface area contributed by atoms with Gasteiger partial charge >= 0.3 is 0 Å². The van der Waals surface area contributed by atoms with E-state index in [9.17, 15) is 9.18 Å². The van der Waals surface area contributed by atoms with E-state index in [0.717, 1.165) is 12.0 Å². The van der Waals surface area contributed by atoms with E-state index < -0.39 is 11.9 Å². The van der Waals surface area contributed by atoms with Crippen LogP contribution in [0.5, 0.6) is 5.75 Å². The number of benzene rings is 2.